The predicted octanol–water partition coefficient (Wildman–Crippen LogP) is 2.68. The first-order valence-electron chi connectivity index (χ1n) is 5.22. The third-order valence-electron chi connectivity index (χ3n) is 2.56. The average molecular weight is 227 g/mol. The first kappa shape index (κ1) is 12.3. The zero-order chi connectivity index (χ0) is 11.4. The van der Waals surface area contributed by atoms with Gasteiger partial charge in [0.1, 0.15) is 0 Å². The topological polar surface area (TPSA) is 29.3 Å². The van der Waals surface area contributed by atoms with Gasteiger partial charge in [-0.1, -0.05) is 18.5 Å². The maximum absolute atomic E-state index is 5.92. The summed E-state index contributed by atoms with van der Waals surface area (Å²) in [5.41, 5.74) is 8.04. The summed E-state index contributed by atoms with van der Waals surface area (Å²) in [5.74, 6) is 0.505. The molecule has 0 aromatic heterocycles. The number of anilines is 1. The van der Waals surface area contributed by atoms with Gasteiger partial charge in [-0.25, -0.2) is 0 Å². The molecular formula is C12H19ClN2. The number of nitrogens with two attached hydrogens (primary N) is 1. The number of benzene rings is 1. The van der Waals surface area contributed by atoms with E-state index in [0.717, 1.165) is 18.1 Å². The van der Waals surface area contributed by atoms with Gasteiger partial charge < -0.3 is 10.6 Å². The van der Waals surface area contributed by atoms with E-state index in [-0.39, 0.29) is 0 Å². The first-order valence-corrected chi connectivity index (χ1v) is 5.59. The van der Waals surface area contributed by atoms with Gasteiger partial charge in [0, 0.05) is 24.3 Å². The second kappa shape index (κ2) is 5.38. The Morgan fingerprint density at radius 2 is 2.13 bits per heavy atom. The number of aryl methyl sites for hydroxylation is 1. The van der Waals surface area contributed by atoms with Crippen LogP contribution in [-0.2, 0) is 0 Å². The lowest BCUT2D eigenvalue weighted by Crippen LogP contribution is -2.28. The van der Waals surface area contributed by atoms with Crippen molar-refractivity contribution in [2.24, 2.45) is 11.7 Å². The van der Waals surface area contributed by atoms with Crippen LogP contribution in [0, 0.1) is 12.8 Å². The van der Waals surface area contributed by atoms with Crippen LogP contribution in [0.15, 0.2) is 18.2 Å². The van der Waals surface area contributed by atoms with Crippen molar-refractivity contribution < 1.29 is 0 Å². The van der Waals surface area contributed by atoms with E-state index in [2.05, 4.69) is 31.9 Å². The van der Waals surface area contributed by atoms with Gasteiger partial charge in [-0.05, 0) is 43.1 Å². The summed E-state index contributed by atoms with van der Waals surface area (Å²) in [5, 5.41) is 0.788. The van der Waals surface area contributed by atoms with Crippen LogP contribution in [-0.4, -0.2) is 20.1 Å². The van der Waals surface area contributed by atoms with E-state index < -0.39 is 0 Å². The van der Waals surface area contributed by atoms with Crippen LogP contribution in [0.4, 0.5) is 5.69 Å². The molecule has 0 aliphatic rings. The smallest absolute Gasteiger partial charge is 0.0410 e. The molecule has 0 bridgehead atoms. The fourth-order valence-corrected chi connectivity index (χ4v) is 1.91. The van der Waals surface area contributed by atoms with Gasteiger partial charge in [0.15, 0.2) is 0 Å². The van der Waals surface area contributed by atoms with Gasteiger partial charge in [0.25, 0.3) is 0 Å². The first-order chi connectivity index (χ1) is 7.04. The quantitative estimate of drug-likeness (QED) is 0.856. The Balaban J connectivity index is 2.77. The van der Waals surface area contributed by atoms with E-state index in [1.165, 1.54) is 11.3 Å². The number of hydrogen-bond donors (Lipinski definition) is 1. The summed E-state index contributed by atoms with van der Waals surface area (Å²) in [7, 11) is 2.09. The molecule has 0 fully saturated rings. The molecule has 1 rings (SSSR count). The summed E-state index contributed by atoms with van der Waals surface area (Å²) in [6.45, 7) is 5.92. The van der Waals surface area contributed by atoms with Crippen molar-refractivity contribution in [3.63, 3.8) is 0 Å². The van der Waals surface area contributed by atoms with Gasteiger partial charge >= 0.3 is 0 Å². The van der Waals surface area contributed by atoms with E-state index in [0.29, 0.717) is 5.92 Å². The lowest BCUT2D eigenvalue weighted by molar-refractivity contribution is 0.589. The van der Waals surface area contributed by atoms with E-state index >= 15 is 0 Å². The van der Waals surface area contributed by atoms with Gasteiger partial charge in [0.2, 0.25) is 0 Å². The number of hydrogen-bond acceptors (Lipinski definition) is 2. The van der Waals surface area contributed by atoms with E-state index in [1.54, 1.807) is 0 Å². The third-order valence-corrected chi connectivity index (χ3v) is 2.79. The van der Waals surface area contributed by atoms with Gasteiger partial charge in [-0.3, -0.25) is 0 Å². The number of rotatable bonds is 4. The van der Waals surface area contributed by atoms with Crippen LogP contribution in [0.3, 0.4) is 0 Å². The Morgan fingerprint density at radius 1 is 1.47 bits per heavy atom. The highest BCUT2D eigenvalue weighted by Gasteiger charge is 2.08. The molecule has 0 amide bonds. The van der Waals surface area contributed by atoms with Crippen LogP contribution >= 0.6 is 11.6 Å². The minimum absolute atomic E-state index is 0.505. The molecule has 0 aliphatic heterocycles. The summed E-state index contributed by atoms with van der Waals surface area (Å²) in [4.78, 5) is 2.23. The van der Waals surface area contributed by atoms with Crippen molar-refractivity contribution in [3.8, 4) is 0 Å². The van der Waals surface area contributed by atoms with Crippen molar-refractivity contribution in [2.75, 3.05) is 25.0 Å². The highest BCUT2D eigenvalue weighted by molar-refractivity contribution is 6.30. The van der Waals surface area contributed by atoms with Crippen LogP contribution in [0.2, 0.25) is 5.02 Å². The van der Waals surface area contributed by atoms with E-state index in [1.807, 2.05) is 12.1 Å². The molecule has 1 atom stereocenters. The standard InChI is InChI=1S/C12H19ClN2/c1-9(7-14)8-15(3)12-5-4-11(13)6-10(12)2/h4-6,9H,7-8,14H2,1-3H3. The molecule has 0 radical (unpaired) electrons. The predicted molar refractivity (Wildman–Crippen MR) is 67.7 cm³/mol. The van der Waals surface area contributed by atoms with Gasteiger partial charge in [0.05, 0.1) is 0 Å². The molecule has 3 heteroatoms. The molecule has 1 unspecified atom stereocenters. The molecule has 0 heterocycles. The average Bonchev–Trinajstić information content (AvgIpc) is 2.17. The molecule has 15 heavy (non-hydrogen) atoms. The lowest BCUT2D eigenvalue weighted by atomic mass is 10.1. The lowest BCUT2D eigenvalue weighted by Gasteiger charge is -2.24. The van der Waals surface area contributed by atoms with Gasteiger partial charge in [-0.2, -0.15) is 0 Å². The van der Waals surface area contributed by atoms with Crippen LogP contribution in [0.5, 0.6) is 0 Å². The third kappa shape index (κ3) is 3.40. The highest BCUT2D eigenvalue weighted by atomic mass is 35.5. The summed E-state index contributed by atoms with van der Waals surface area (Å²) < 4.78 is 0. The number of nitrogens with zero attached hydrogens (tertiary/aromatic N) is 1. The molecule has 2 nitrogen and oxygen atoms in total. The Kier molecular flexibility index (Phi) is 4.43. The second-order valence-corrected chi connectivity index (χ2v) is 4.59. The molecule has 1 aromatic rings. The zero-order valence-corrected chi connectivity index (χ0v) is 10.4. The molecule has 0 saturated heterocycles. The minimum Gasteiger partial charge on any atom is -0.374 e. The fourth-order valence-electron chi connectivity index (χ4n) is 1.69. The molecule has 0 saturated carbocycles. The van der Waals surface area contributed by atoms with Crippen molar-refractivity contribution >= 4 is 17.3 Å². The monoisotopic (exact) mass is 226 g/mol. The summed E-state index contributed by atoms with van der Waals surface area (Å²) >= 11 is 5.92. The van der Waals surface area contributed by atoms with Crippen molar-refractivity contribution in [2.45, 2.75) is 13.8 Å². The van der Waals surface area contributed by atoms with Gasteiger partial charge in [-0.15, -0.1) is 0 Å². The SMILES string of the molecule is Cc1cc(Cl)ccc1N(C)CC(C)CN. The molecule has 84 valence electrons. The number of halogens is 1. The van der Waals surface area contributed by atoms with Crippen LogP contribution < -0.4 is 10.6 Å². The van der Waals surface area contributed by atoms with E-state index in [9.17, 15) is 0 Å². The summed E-state index contributed by atoms with van der Waals surface area (Å²) in [6, 6.07) is 5.97. The van der Waals surface area contributed by atoms with Crippen molar-refractivity contribution in [3.05, 3.63) is 28.8 Å². The molecule has 0 spiro atoms. The minimum atomic E-state index is 0.505. The Bertz CT molecular complexity index is 325. The summed E-state index contributed by atoms with van der Waals surface area (Å²) in [6.07, 6.45) is 0. The maximum atomic E-state index is 5.92. The zero-order valence-electron chi connectivity index (χ0n) is 9.63. The normalized spacial score (nSPS) is 12.6. The van der Waals surface area contributed by atoms with Crippen LogP contribution in [0.25, 0.3) is 0 Å². The highest BCUT2D eigenvalue weighted by Crippen LogP contribution is 2.23. The second-order valence-electron chi connectivity index (χ2n) is 4.15. The maximum Gasteiger partial charge on any atom is 0.0410 e. The molecule has 2 N–H and O–H groups in total. The largest absolute Gasteiger partial charge is 0.374 e. The Morgan fingerprint density at radius 3 is 2.67 bits per heavy atom. The van der Waals surface area contributed by atoms with Crippen LogP contribution in [0.1, 0.15) is 12.5 Å². The molecule has 1 aromatic carbocycles. The van der Waals surface area contributed by atoms with Crippen molar-refractivity contribution in [1.29, 1.82) is 0 Å². The molecular weight excluding hydrogens is 208 g/mol. The fraction of sp³-hybridized carbons (Fsp3) is 0.500. The Hall–Kier alpha value is -0.730. The van der Waals surface area contributed by atoms with Crippen molar-refractivity contribution in [1.82, 2.24) is 0 Å². The van der Waals surface area contributed by atoms with E-state index in [4.69, 9.17) is 17.3 Å². The Labute approximate surface area is 97.0 Å². The molecule has 0 aliphatic carbocycles.